The van der Waals surface area contributed by atoms with E-state index in [0.717, 1.165) is 5.56 Å². The largest absolute Gasteiger partial charge is 0.399 e. The normalized spacial score (nSPS) is 10.7. The first-order valence-electron chi connectivity index (χ1n) is 5.84. The van der Waals surface area contributed by atoms with Gasteiger partial charge in [-0.2, -0.15) is 0 Å². The molecule has 0 fully saturated rings. The summed E-state index contributed by atoms with van der Waals surface area (Å²) < 4.78 is 13.4. The van der Waals surface area contributed by atoms with Crippen LogP contribution in [0.3, 0.4) is 0 Å². The molecule has 2 rings (SSSR count). The van der Waals surface area contributed by atoms with Crippen molar-refractivity contribution in [3.63, 3.8) is 0 Å². The number of amides is 1. The fourth-order valence-corrected chi connectivity index (χ4v) is 1.68. The molecule has 3 N–H and O–H groups in total. The molecule has 3 nitrogen and oxygen atoms in total. The van der Waals surface area contributed by atoms with Crippen molar-refractivity contribution in [3.8, 4) is 0 Å². The summed E-state index contributed by atoms with van der Waals surface area (Å²) in [6.45, 7) is 0. The third-order valence-electron chi connectivity index (χ3n) is 2.55. The number of benzene rings is 2. The maximum Gasteiger partial charge on any atom is 0.248 e. The number of nitrogen functional groups attached to an aromatic ring is 1. The summed E-state index contributed by atoms with van der Waals surface area (Å²) in [6.07, 6.45) is 2.92. The van der Waals surface area contributed by atoms with Gasteiger partial charge in [0.05, 0.1) is 5.69 Å². The lowest BCUT2D eigenvalue weighted by atomic mass is 10.2. The zero-order valence-corrected chi connectivity index (χ0v) is 11.2. The van der Waals surface area contributed by atoms with Gasteiger partial charge >= 0.3 is 0 Å². The van der Waals surface area contributed by atoms with Crippen LogP contribution in [-0.2, 0) is 4.79 Å². The molecule has 20 heavy (non-hydrogen) atoms. The van der Waals surface area contributed by atoms with Gasteiger partial charge in [-0.3, -0.25) is 4.79 Å². The monoisotopic (exact) mass is 290 g/mol. The van der Waals surface area contributed by atoms with E-state index in [1.54, 1.807) is 30.3 Å². The van der Waals surface area contributed by atoms with Gasteiger partial charge in [-0.05, 0) is 42.0 Å². The lowest BCUT2D eigenvalue weighted by Gasteiger charge is -2.04. The van der Waals surface area contributed by atoms with E-state index in [4.69, 9.17) is 17.3 Å². The minimum Gasteiger partial charge on any atom is -0.399 e. The average molecular weight is 291 g/mol. The minimum absolute atomic E-state index is 0.0516. The molecule has 5 heteroatoms. The zero-order valence-electron chi connectivity index (χ0n) is 10.4. The first kappa shape index (κ1) is 14.1. The molecule has 0 unspecified atom stereocenters. The number of halogens is 2. The van der Waals surface area contributed by atoms with E-state index in [2.05, 4.69) is 5.32 Å². The highest BCUT2D eigenvalue weighted by Gasteiger charge is 2.04. The van der Waals surface area contributed by atoms with Crippen LogP contribution in [0.1, 0.15) is 5.56 Å². The summed E-state index contributed by atoms with van der Waals surface area (Å²) in [7, 11) is 0. The second kappa shape index (κ2) is 6.21. The highest BCUT2D eigenvalue weighted by atomic mass is 35.5. The van der Waals surface area contributed by atoms with Crippen LogP contribution in [0.25, 0.3) is 6.08 Å². The SMILES string of the molecule is Nc1ccc(F)c(NC(=O)/C=C/c2ccc(Cl)cc2)c1. The van der Waals surface area contributed by atoms with Crippen LogP contribution in [0.2, 0.25) is 5.02 Å². The molecule has 2 aromatic carbocycles. The second-order valence-electron chi connectivity index (χ2n) is 4.11. The predicted molar refractivity (Wildman–Crippen MR) is 79.9 cm³/mol. The van der Waals surface area contributed by atoms with E-state index in [1.165, 1.54) is 24.3 Å². The van der Waals surface area contributed by atoms with Gasteiger partial charge in [0.2, 0.25) is 5.91 Å². The third kappa shape index (κ3) is 3.83. The number of carbonyl (C=O) groups is 1. The lowest BCUT2D eigenvalue weighted by Crippen LogP contribution is -2.09. The van der Waals surface area contributed by atoms with E-state index in [9.17, 15) is 9.18 Å². The van der Waals surface area contributed by atoms with Crippen molar-refractivity contribution in [2.75, 3.05) is 11.1 Å². The Bertz CT molecular complexity index is 653. The summed E-state index contributed by atoms with van der Waals surface area (Å²) in [5, 5.41) is 3.04. The number of anilines is 2. The van der Waals surface area contributed by atoms with E-state index >= 15 is 0 Å². The molecule has 2 aromatic rings. The second-order valence-corrected chi connectivity index (χ2v) is 4.55. The standard InChI is InChI=1S/C15H12ClFN2O/c16-11-4-1-10(2-5-11)3-8-15(20)19-14-9-12(18)6-7-13(14)17/h1-9H,18H2,(H,19,20)/b8-3+. The Hall–Kier alpha value is -2.33. The summed E-state index contributed by atoms with van der Waals surface area (Å²) in [4.78, 5) is 11.7. The topological polar surface area (TPSA) is 55.1 Å². The number of nitrogens with two attached hydrogens (primary N) is 1. The van der Waals surface area contributed by atoms with Crippen LogP contribution in [0.4, 0.5) is 15.8 Å². The van der Waals surface area contributed by atoms with Crippen molar-refractivity contribution in [2.45, 2.75) is 0 Å². The molecule has 0 aromatic heterocycles. The number of nitrogens with one attached hydrogen (secondary N) is 1. The fraction of sp³-hybridized carbons (Fsp3) is 0. The van der Waals surface area contributed by atoms with Gasteiger partial charge in [-0.25, -0.2) is 4.39 Å². The van der Waals surface area contributed by atoms with Crippen LogP contribution < -0.4 is 11.1 Å². The van der Waals surface area contributed by atoms with Gasteiger partial charge in [0.1, 0.15) is 5.82 Å². The maximum atomic E-state index is 13.4. The first-order chi connectivity index (χ1) is 9.54. The Morgan fingerprint density at radius 3 is 2.60 bits per heavy atom. The molecule has 1 amide bonds. The quantitative estimate of drug-likeness (QED) is 0.669. The Kier molecular flexibility index (Phi) is 4.38. The van der Waals surface area contributed by atoms with Crippen molar-refractivity contribution in [1.82, 2.24) is 0 Å². The molecule has 0 saturated heterocycles. The number of hydrogen-bond donors (Lipinski definition) is 2. The average Bonchev–Trinajstić information content (AvgIpc) is 2.42. The molecule has 102 valence electrons. The first-order valence-corrected chi connectivity index (χ1v) is 6.22. The molecule has 0 atom stereocenters. The Labute approximate surface area is 120 Å². The van der Waals surface area contributed by atoms with Crippen LogP contribution >= 0.6 is 11.6 Å². The van der Waals surface area contributed by atoms with Gasteiger partial charge in [0, 0.05) is 16.8 Å². The van der Waals surface area contributed by atoms with Crippen LogP contribution in [-0.4, -0.2) is 5.91 Å². The highest BCUT2D eigenvalue weighted by molar-refractivity contribution is 6.30. The summed E-state index contributed by atoms with van der Waals surface area (Å²) in [6, 6.07) is 11.0. The summed E-state index contributed by atoms with van der Waals surface area (Å²) >= 11 is 5.76. The van der Waals surface area contributed by atoms with Crippen LogP contribution in [0.15, 0.2) is 48.5 Å². The molecule has 0 aliphatic heterocycles. The van der Waals surface area contributed by atoms with Gasteiger partial charge in [-0.15, -0.1) is 0 Å². The van der Waals surface area contributed by atoms with Gasteiger partial charge in [0.25, 0.3) is 0 Å². The molecule has 0 spiro atoms. The molecule has 0 aliphatic rings. The predicted octanol–water partition coefficient (Wildman–Crippen LogP) is 3.71. The van der Waals surface area contributed by atoms with Gasteiger partial charge in [0.15, 0.2) is 0 Å². The fourth-order valence-electron chi connectivity index (χ4n) is 1.56. The Morgan fingerprint density at radius 2 is 1.90 bits per heavy atom. The lowest BCUT2D eigenvalue weighted by molar-refractivity contribution is -0.111. The van der Waals surface area contributed by atoms with Gasteiger partial charge in [-0.1, -0.05) is 23.7 Å². The van der Waals surface area contributed by atoms with E-state index in [0.29, 0.717) is 10.7 Å². The van der Waals surface area contributed by atoms with Crippen molar-refractivity contribution in [2.24, 2.45) is 0 Å². The third-order valence-corrected chi connectivity index (χ3v) is 2.80. The molecule has 0 radical (unpaired) electrons. The summed E-state index contributed by atoms with van der Waals surface area (Å²) in [5.41, 5.74) is 6.78. The number of hydrogen-bond acceptors (Lipinski definition) is 2. The number of carbonyl (C=O) groups excluding carboxylic acids is 1. The smallest absolute Gasteiger partial charge is 0.248 e. The Morgan fingerprint density at radius 1 is 1.20 bits per heavy atom. The number of rotatable bonds is 3. The molecule has 0 bridgehead atoms. The van der Waals surface area contributed by atoms with Crippen molar-refractivity contribution >= 4 is 35.0 Å². The van der Waals surface area contributed by atoms with Crippen molar-refractivity contribution < 1.29 is 9.18 Å². The zero-order chi connectivity index (χ0) is 14.5. The Balaban J connectivity index is 2.05. The highest BCUT2D eigenvalue weighted by Crippen LogP contribution is 2.17. The molecule has 0 heterocycles. The van der Waals surface area contributed by atoms with Crippen LogP contribution in [0, 0.1) is 5.82 Å². The molecular weight excluding hydrogens is 279 g/mol. The van der Waals surface area contributed by atoms with E-state index in [1.807, 2.05) is 0 Å². The minimum atomic E-state index is -0.535. The molecule has 0 saturated carbocycles. The van der Waals surface area contributed by atoms with Crippen molar-refractivity contribution in [3.05, 3.63) is 64.9 Å². The van der Waals surface area contributed by atoms with E-state index in [-0.39, 0.29) is 5.69 Å². The van der Waals surface area contributed by atoms with E-state index < -0.39 is 11.7 Å². The molecular formula is C15H12ClFN2O. The van der Waals surface area contributed by atoms with Gasteiger partial charge < -0.3 is 11.1 Å². The maximum absolute atomic E-state index is 13.4. The molecule has 0 aliphatic carbocycles. The van der Waals surface area contributed by atoms with Crippen molar-refractivity contribution in [1.29, 1.82) is 0 Å². The van der Waals surface area contributed by atoms with Crippen LogP contribution in [0.5, 0.6) is 0 Å². The summed E-state index contributed by atoms with van der Waals surface area (Å²) in [5.74, 6) is -0.975.